The number of thiophene rings is 1. The number of fused-ring (bicyclic) bond motifs is 1. The van der Waals surface area contributed by atoms with Crippen LogP contribution < -0.4 is 16.6 Å². The SMILES string of the molecule is COCCOC(=O)C1=C(C)Nc2[nH]c(=O)[nH]c(=O)c2C1c1ccsc1. The van der Waals surface area contributed by atoms with Crippen molar-refractivity contribution in [1.82, 2.24) is 9.97 Å². The Kier molecular flexibility index (Phi) is 4.86. The third kappa shape index (κ3) is 3.28. The minimum atomic E-state index is -0.627. The van der Waals surface area contributed by atoms with Crippen molar-refractivity contribution < 1.29 is 14.3 Å². The van der Waals surface area contributed by atoms with Crippen molar-refractivity contribution in [3.05, 3.63) is 60.1 Å². The van der Waals surface area contributed by atoms with Gasteiger partial charge in [0, 0.05) is 12.8 Å². The molecule has 3 heterocycles. The van der Waals surface area contributed by atoms with E-state index in [9.17, 15) is 14.4 Å². The molecule has 0 spiro atoms. The Bertz CT molecular complexity index is 926. The molecular formula is C16H17N3O5S. The van der Waals surface area contributed by atoms with E-state index in [1.165, 1.54) is 18.4 Å². The zero-order valence-electron chi connectivity index (χ0n) is 13.7. The smallest absolute Gasteiger partial charge is 0.336 e. The van der Waals surface area contributed by atoms with Gasteiger partial charge in [-0.05, 0) is 29.3 Å². The van der Waals surface area contributed by atoms with Crippen LogP contribution in [0.25, 0.3) is 0 Å². The van der Waals surface area contributed by atoms with E-state index < -0.39 is 23.1 Å². The monoisotopic (exact) mass is 363 g/mol. The number of hydrogen-bond donors (Lipinski definition) is 3. The van der Waals surface area contributed by atoms with Crippen LogP contribution in [-0.4, -0.2) is 36.3 Å². The Morgan fingerprint density at radius 3 is 2.76 bits per heavy atom. The summed E-state index contributed by atoms with van der Waals surface area (Å²) in [6.07, 6.45) is 0. The zero-order valence-corrected chi connectivity index (χ0v) is 14.5. The van der Waals surface area contributed by atoms with Crippen molar-refractivity contribution in [2.75, 3.05) is 25.6 Å². The number of H-pyrrole nitrogens is 2. The van der Waals surface area contributed by atoms with Gasteiger partial charge in [-0.15, -0.1) is 0 Å². The number of allylic oxidation sites excluding steroid dienone is 1. The van der Waals surface area contributed by atoms with Gasteiger partial charge >= 0.3 is 11.7 Å². The molecule has 0 bridgehead atoms. The van der Waals surface area contributed by atoms with Gasteiger partial charge in [-0.3, -0.25) is 14.8 Å². The normalized spacial score (nSPS) is 16.3. The van der Waals surface area contributed by atoms with Crippen LogP contribution in [0.4, 0.5) is 5.82 Å². The van der Waals surface area contributed by atoms with Crippen molar-refractivity contribution in [2.24, 2.45) is 0 Å². The summed E-state index contributed by atoms with van der Waals surface area (Å²) in [4.78, 5) is 41.4. The number of methoxy groups -OCH3 is 1. The van der Waals surface area contributed by atoms with Crippen molar-refractivity contribution in [3.63, 3.8) is 0 Å². The van der Waals surface area contributed by atoms with E-state index in [1.54, 1.807) is 6.92 Å². The molecule has 1 atom stereocenters. The average molecular weight is 363 g/mol. The van der Waals surface area contributed by atoms with Gasteiger partial charge in [-0.2, -0.15) is 11.3 Å². The largest absolute Gasteiger partial charge is 0.460 e. The first-order valence-corrected chi connectivity index (χ1v) is 8.49. The fraction of sp³-hybridized carbons (Fsp3) is 0.312. The quantitative estimate of drug-likeness (QED) is 0.542. The molecular weight excluding hydrogens is 346 g/mol. The lowest BCUT2D eigenvalue weighted by molar-refractivity contribution is -0.140. The maximum atomic E-state index is 12.6. The van der Waals surface area contributed by atoms with Crippen LogP contribution in [-0.2, 0) is 14.3 Å². The van der Waals surface area contributed by atoms with Crippen LogP contribution in [0.2, 0.25) is 0 Å². The Balaban J connectivity index is 2.12. The molecule has 1 unspecified atom stereocenters. The Morgan fingerprint density at radius 1 is 1.28 bits per heavy atom. The maximum absolute atomic E-state index is 12.6. The summed E-state index contributed by atoms with van der Waals surface area (Å²) in [6, 6.07) is 1.84. The number of aromatic amines is 2. The number of anilines is 1. The number of ether oxygens (including phenoxy) is 2. The minimum absolute atomic E-state index is 0.108. The minimum Gasteiger partial charge on any atom is -0.460 e. The zero-order chi connectivity index (χ0) is 18.0. The molecule has 2 aromatic heterocycles. The van der Waals surface area contributed by atoms with E-state index in [4.69, 9.17) is 9.47 Å². The van der Waals surface area contributed by atoms with Crippen molar-refractivity contribution >= 4 is 23.1 Å². The molecule has 3 N–H and O–H groups in total. The molecule has 8 nitrogen and oxygen atoms in total. The molecule has 3 rings (SSSR count). The lowest BCUT2D eigenvalue weighted by Gasteiger charge is -2.28. The molecule has 132 valence electrons. The predicted octanol–water partition coefficient (Wildman–Crippen LogP) is 1.15. The predicted molar refractivity (Wildman–Crippen MR) is 93.0 cm³/mol. The van der Waals surface area contributed by atoms with E-state index in [2.05, 4.69) is 15.3 Å². The first-order chi connectivity index (χ1) is 12.0. The second-order valence-electron chi connectivity index (χ2n) is 5.48. The molecule has 0 fully saturated rings. The number of carbonyl (C=O) groups is 1. The van der Waals surface area contributed by atoms with Crippen molar-refractivity contribution in [3.8, 4) is 0 Å². The highest BCUT2D eigenvalue weighted by Gasteiger charge is 2.36. The Labute approximate surface area is 146 Å². The van der Waals surface area contributed by atoms with Crippen LogP contribution in [0, 0.1) is 0 Å². The highest BCUT2D eigenvalue weighted by Crippen LogP contribution is 2.39. The number of rotatable bonds is 5. The molecule has 0 saturated heterocycles. The third-order valence-corrected chi connectivity index (χ3v) is 4.59. The van der Waals surface area contributed by atoms with Crippen LogP contribution >= 0.6 is 11.3 Å². The van der Waals surface area contributed by atoms with Gasteiger partial charge in [0.15, 0.2) is 0 Å². The van der Waals surface area contributed by atoms with E-state index in [1.807, 2.05) is 16.8 Å². The van der Waals surface area contributed by atoms with Crippen LogP contribution in [0.5, 0.6) is 0 Å². The average Bonchev–Trinajstić information content (AvgIpc) is 3.07. The standard InChI is InChI=1S/C16H17N3O5S/c1-8-10(15(21)24-5-4-23-2)11(9-3-6-25-7-9)12-13(17-8)18-16(22)19-14(12)20/h3,6-7,11H,4-5H2,1-2H3,(H3,17,18,19,20,22). The molecule has 2 aromatic rings. The number of aromatic nitrogens is 2. The summed E-state index contributed by atoms with van der Waals surface area (Å²) in [5.41, 5.74) is 0.758. The van der Waals surface area contributed by atoms with Gasteiger partial charge in [0.25, 0.3) is 5.56 Å². The van der Waals surface area contributed by atoms with E-state index in [0.717, 1.165) is 5.56 Å². The third-order valence-electron chi connectivity index (χ3n) is 3.89. The second kappa shape index (κ2) is 7.08. The number of carbonyl (C=O) groups excluding carboxylic acids is 1. The summed E-state index contributed by atoms with van der Waals surface area (Å²) < 4.78 is 10.1. The van der Waals surface area contributed by atoms with E-state index in [-0.39, 0.29) is 24.6 Å². The van der Waals surface area contributed by atoms with Gasteiger partial charge in [-0.1, -0.05) is 0 Å². The van der Waals surface area contributed by atoms with Gasteiger partial charge in [0.1, 0.15) is 12.4 Å². The highest BCUT2D eigenvalue weighted by atomic mass is 32.1. The Hall–Kier alpha value is -2.65. The Morgan fingerprint density at radius 2 is 2.08 bits per heavy atom. The summed E-state index contributed by atoms with van der Waals surface area (Å²) in [5.74, 6) is -0.872. The highest BCUT2D eigenvalue weighted by molar-refractivity contribution is 7.08. The molecule has 25 heavy (non-hydrogen) atoms. The fourth-order valence-electron chi connectivity index (χ4n) is 2.82. The first kappa shape index (κ1) is 17.2. The lowest BCUT2D eigenvalue weighted by Crippen LogP contribution is -2.35. The van der Waals surface area contributed by atoms with Crippen molar-refractivity contribution in [2.45, 2.75) is 12.8 Å². The summed E-state index contributed by atoms with van der Waals surface area (Å²) >= 11 is 1.45. The lowest BCUT2D eigenvalue weighted by atomic mass is 9.83. The van der Waals surface area contributed by atoms with Gasteiger partial charge in [0.05, 0.1) is 23.7 Å². The maximum Gasteiger partial charge on any atom is 0.336 e. The molecule has 0 aliphatic carbocycles. The summed E-state index contributed by atoms with van der Waals surface area (Å²) in [6.45, 7) is 2.09. The molecule has 0 aromatic carbocycles. The van der Waals surface area contributed by atoms with E-state index in [0.29, 0.717) is 11.3 Å². The topological polar surface area (TPSA) is 113 Å². The molecule has 0 radical (unpaired) electrons. The van der Waals surface area contributed by atoms with Crippen molar-refractivity contribution in [1.29, 1.82) is 0 Å². The second-order valence-corrected chi connectivity index (χ2v) is 6.26. The van der Waals surface area contributed by atoms with E-state index >= 15 is 0 Å². The van der Waals surface area contributed by atoms with Gasteiger partial charge in [-0.25, -0.2) is 9.59 Å². The number of nitrogens with one attached hydrogen (secondary N) is 3. The van der Waals surface area contributed by atoms with Gasteiger partial charge < -0.3 is 14.8 Å². The summed E-state index contributed by atoms with van der Waals surface area (Å²) in [7, 11) is 1.51. The summed E-state index contributed by atoms with van der Waals surface area (Å²) in [5, 5.41) is 6.65. The molecule has 0 amide bonds. The van der Waals surface area contributed by atoms with Crippen LogP contribution in [0.15, 0.2) is 37.7 Å². The number of hydrogen-bond acceptors (Lipinski definition) is 7. The molecule has 1 aliphatic heterocycles. The molecule has 0 saturated carbocycles. The van der Waals surface area contributed by atoms with Crippen LogP contribution in [0.3, 0.4) is 0 Å². The molecule has 9 heteroatoms. The van der Waals surface area contributed by atoms with Crippen LogP contribution in [0.1, 0.15) is 24.0 Å². The fourth-order valence-corrected chi connectivity index (χ4v) is 3.51. The number of esters is 1. The first-order valence-electron chi connectivity index (χ1n) is 7.55. The van der Waals surface area contributed by atoms with Gasteiger partial charge in [0.2, 0.25) is 0 Å². The molecule has 1 aliphatic rings.